The van der Waals surface area contributed by atoms with Gasteiger partial charge in [0.1, 0.15) is 5.60 Å². The molecule has 2 heterocycles. The highest BCUT2D eigenvalue weighted by Crippen LogP contribution is 2.44. The van der Waals surface area contributed by atoms with Gasteiger partial charge < -0.3 is 19.3 Å². The second kappa shape index (κ2) is 6.66. The summed E-state index contributed by atoms with van der Waals surface area (Å²) in [5.41, 5.74) is -0.477. The van der Waals surface area contributed by atoms with Crippen molar-refractivity contribution in [2.45, 2.75) is 44.1 Å². The number of nitrogens with zero attached hydrogens (tertiary/aromatic N) is 2. The van der Waals surface area contributed by atoms with Crippen molar-refractivity contribution in [1.29, 1.82) is 0 Å². The molecule has 0 aromatic carbocycles. The van der Waals surface area contributed by atoms with Crippen molar-refractivity contribution in [2.24, 2.45) is 0 Å². The van der Waals surface area contributed by atoms with E-state index in [0.29, 0.717) is 32.0 Å². The number of carbonyl (C=O) groups is 2. The first-order valence-corrected chi connectivity index (χ1v) is 8.67. The molecule has 2 fully saturated rings. The first kappa shape index (κ1) is 17.4. The van der Waals surface area contributed by atoms with Crippen LogP contribution in [-0.2, 0) is 14.3 Å². The van der Waals surface area contributed by atoms with Crippen LogP contribution < -0.4 is 0 Å². The van der Waals surface area contributed by atoms with Crippen molar-refractivity contribution in [2.75, 3.05) is 39.1 Å². The molecule has 0 bridgehead atoms. The molecular formula is C15H26N2O4S. The van der Waals surface area contributed by atoms with Gasteiger partial charge in [0.25, 0.3) is 0 Å². The minimum absolute atomic E-state index is 0.172. The Balaban J connectivity index is 1.95. The quantitative estimate of drug-likeness (QED) is 0.791. The summed E-state index contributed by atoms with van der Waals surface area (Å²) in [4.78, 5) is 27.7. The van der Waals surface area contributed by atoms with Gasteiger partial charge in [0.2, 0.25) is 5.91 Å². The van der Waals surface area contributed by atoms with Crippen molar-refractivity contribution in [1.82, 2.24) is 9.80 Å². The number of ether oxygens (including phenoxy) is 2. The molecule has 2 amide bonds. The number of methoxy groups -OCH3 is 1. The van der Waals surface area contributed by atoms with Gasteiger partial charge in [-0.25, -0.2) is 4.79 Å². The molecule has 0 aromatic rings. The highest BCUT2D eigenvalue weighted by Gasteiger charge is 2.48. The molecule has 0 aromatic heterocycles. The molecule has 2 rings (SSSR count). The molecule has 1 spiro atoms. The van der Waals surface area contributed by atoms with E-state index in [0.717, 1.165) is 12.8 Å². The SMILES string of the molecule is COCCN1C(=O)CSC12CCN(C(=O)OC(C)(C)C)CC2. The predicted molar refractivity (Wildman–Crippen MR) is 85.8 cm³/mol. The fraction of sp³-hybridized carbons (Fsp3) is 0.867. The summed E-state index contributed by atoms with van der Waals surface area (Å²) in [7, 11) is 1.64. The number of amides is 2. The van der Waals surface area contributed by atoms with E-state index < -0.39 is 5.60 Å². The summed E-state index contributed by atoms with van der Waals surface area (Å²) in [6, 6.07) is 0. The van der Waals surface area contributed by atoms with E-state index in [1.54, 1.807) is 23.8 Å². The Morgan fingerprint density at radius 1 is 1.32 bits per heavy atom. The Hall–Kier alpha value is -0.950. The third kappa shape index (κ3) is 3.87. The molecule has 0 radical (unpaired) electrons. The summed E-state index contributed by atoms with van der Waals surface area (Å²) in [6.45, 7) is 8.02. The van der Waals surface area contributed by atoms with E-state index in [2.05, 4.69) is 0 Å². The van der Waals surface area contributed by atoms with Crippen LogP contribution in [0.4, 0.5) is 4.79 Å². The first-order chi connectivity index (χ1) is 10.3. The van der Waals surface area contributed by atoms with E-state index >= 15 is 0 Å². The molecule has 2 saturated heterocycles. The maximum atomic E-state index is 12.1. The lowest BCUT2D eigenvalue weighted by Crippen LogP contribution is -2.54. The molecule has 0 N–H and O–H groups in total. The number of hydrogen-bond donors (Lipinski definition) is 0. The van der Waals surface area contributed by atoms with Crippen LogP contribution in [0, 0.1) is 0 Å². The van der Waals surface area contributed by atoms with E-state index in [1.165, 1.54) is 0 Å². The summed E-state index contributed by atoms with van der Waals surface area (Å²) >= 11 is 1.70. The Kier molecular flexibility index (Phi) is 5.27. The van der Waals surface area contributed by atoms with Gasteiger partial charge in [0.05, 0.1) is 17.2 Å². The lowest BCUT2D eigenvalue weighted by atomic mass is 10.0. The van der Waals surface area contributed by atoms with Crippen molar-refractivity contribution in [3.8, 4) is 0 Å². The minimum atomic E-state index is -0.477. The van der Waals surface area contributed by atoms with Gasteiger partial charge in [0.15, 0.2) is 0 Å². The van der Waals surface area contributed by atoms with E-state index in [4.69, 9.17) is 9.47 Å². The van der Waals surface area contributed by atoms with E-state index in [1.807, 2.05) is 25.7 Å². The molecule has 0 aliphatic carbocycles. The predicted octanol–water partition coefficient (Wildman–Crippen LogP) is 1.94. The number of thioether (sulfide) groups is 1. The second-order valence-corrected chi connectivity index (χ2v) is 8.08. The zero-order valence-corrected chi connectivity index (χ0v) is 14.7. The first-order valence-electron chi connectivity index (χ1n) is 7.69. The fourth-order valence-electron chi connectivity index (χ4n) is 2.87. The summed E-state index contributed by atoms with van der Waals surface area (Å²) in [5, 5.41) is 0. The Morgan fingerprint density at radius 3 is 2.50 bits per heavy atom. The van der Waals surface area contributed by atoms with E-state index in [9.17, 15) is 9.59 Å². The van der Waals surface area contributed by atoms with Crippen molar-refractivity contribution < 1.29 is 19.1 Å². The van der Waals surface area contributed by atoms with Crippen LogP contribution in [0.3, 0.4) is 0 Å². The van der Waals surface area contributed by atoms with Gasteiger partial charge in [0, 0.05) is 26.7 Å². The highest BCUT2D eigenvalue weighted by atomic mass is 32.2. The summed E-state index contributed by atoms with van der Waals surface area (Å²) in [5.74, 6) is 0.698. The minimum Gasteiger partial charge on any atom is -0.444 e. The average molecular weight is 330 g/mol. The molecule has 126 valence electrons. The number of hydrogen-bond acceptors (Lipinski definition) is 5. The molecule has 6 nitrogen and oxygen atoms in total. The Morgan fingerprint density at radius 2 is 1.95 bits per heavy atom. The van der Waals surface area contributed by atoms with Crippen LogP contribution in [0.2, 0.25) is 0 Å². The molecule has 0 saturated carbocycles. The smallest absolute Gasteiger partial charge is 0.410 e. The maximum Gasteiger partial charge on any atom is 0.410 e. The summed E-state index contributed by atoms with van der Waals surface area (Å²) < 4.78 is 10.5. The van der Waals surface area contributed by atoms with E-state index in [-0.39, 0.29) is 16.9 Å². The zero-order chi connectivity index (χ0) is 16.4. The maximum absolute atomic E-state index is 12.1. The lowest BCUT2D eigenvalue weighted by Gasteiger charge is -2.44. The van der Waals surface area contributed by atoms with Crippen LogP contribution >= 0.6 is 11.8 Å². The lowest BCUT2D eigenvalue weighted by molar-refractivity contribution is -0.131. The topological polar surface area (TPSA) is 59.1 Å². The van der Waals surface area contributed by atoms with Gasteiger partial charge in [-0.1, -0.05) is 0 Å². The third-order valence-corrected chi connectivity index (χ3v) is 5.53. The standard InChI is InChI=1S/C15H26N2O4S/c1-14(2,3)21-13(19)16-7-5-15(6-8-16)17(9-10-20-4)12(18)11-22-15/h5-11H2,1-4H3. The fourth-order valence-corrected chi connectivity index (χ4v) is 4.24. The van der Waals surface area contributed by atoms with Crippen molar-refractivity contribution >= 4 is 23.8 Å². The molecule has 0 atom stereocenters. The summed E-state index contributed by atoms with van der Waals surface area (Å²) in [6.07, 6.45) is 1.30. The van der Waals surface area contributed by atoms with Gasteiger partial charge in [-0.3, -0.25) is 4.79 Å². The number of likely N-dealkylation sites (tertiary alicyclic amines) is 1. The van der Waals surface area contributed by atoms with Gasteiger partial charge in [-0.15, -0.1) is 11.8 Å². The Bertz CT molecular complexity index is 428. The van der Waals surface area contributed by atoms with Gasteiger partial charge >= 0.3 is 6.09 Å². The molecule has 7 heteroatoms. The van der Waals surface area contributed by atoms with Crippen molar-refractivity contribution in [3.63, 3.8) is 0 Å². The normalized spacial score (nSPS) is 21.5. The van der Waals surface area contributed by atoms with Crippen LogP contribution in [0.5, 0.6) is 0 Å². The molecule has 2 aliphatic heterocycles. The molecule has 2 aliphatic rings. The van der Waals surface area contributed by atoms with Crippen molar-refractivity contribution in [3.05, 3.63) is 0 Å². The van der Waals surface area contributed by atoms with Crippen LogP contribution in [0.1, 0.15) is 33.6 Å². The molecular weight excluding hydrogens is 304 g/mol. The van der Waals surface area contributed by atoms with Crippen LogP contribution in [0.15, 0.2) is 0 Å². The number of carbonyl (C=O) groups excluding carboxylic acids is 2. The molecule has 0 unspecified atom stereocenters. The average Bonchev–Trinajstić information content (AvgIpc) is 2.72. The largest absolute Gasteiger partial charge is 0.444 e. The van der Waals surface area contributed by atoms with Gasteiger partial charge in [-0.05, 0) is 33.6 Å². The Labute approximate surface area is 136 Å². The monoisotopic (exact) mass is 330 g/mol. The zero-order valence-electron chi connectivity index (χ0n) is 13.9. The molecule has 22 heavy (non-hydrogen) atoms. The van der Waals surface area contributed by atoms with Gasteiger partial charge in [-0.2, -0.15) is 0 Å². The van der Waals surface area contributed by atoms with Crippen LogP contribution in [-0.4, -0.2) is 71.4 Å². The highest BCUT2D eigenvalue weighted by molar-refractivity contribution is 8.01. The number of piperidine rings is 1. The number of rotatable bonds is 3. The second-order valence-electron chi connectivity index (χ2n) is 6.74. The third-order valence-electron chi connectivity index (χ3n) is 3.97. The van der Waals surface area contributed by atoms with Crippen LogP contribution in [0.25, 0.3) is 0 Å².